The van der Waals surface area contributed by atoms with Crippen molar-refractivity contribution in [2.24, 2.45) is 11.8 Å². The Hall–Kier alpha value is -2.74. The van der Waals surface area contributed by atoms with E-state index in [1.54, 1.807) is 27.0 Å². The predicted molar refractivity (Wildman–Crippen MR) is 109 cm³/mol. The first-order chi connectivity index (χ1) is 15.4. The molecule has 0 unspecified atom stereocenters. The van der Waals surface area contributed by atoms with Crippen LogP contribution in [0, 0.1) is 30.1 Å². The van der Waals surface area contributed by atoms with Gasteiger partial charge in [-0.1, -0.05) is 0 Å². The number of halogens is 3. The standard InChI is InChI=1S/C23H23F3N2O5/c1-12-15(6-5-13(10-27)16(12)23(24,25)26)28-19(29)17-18(20(28)30)22(3)14(9-21(17,2)33-22)11-32-8-7-31-4/h5-6,9,17-18H,7-8,11H2,1-4H3/t17-,18+,21-,22+/m1/s1. The Labute approximate surface area is 188 Å². The second-order valence-electron chi connectivity index (χ2n) is 8.82. The fourth-order valence-electron chi connectivity index (χ4n) is 5.41. The maximum atomic E-state index is 13.7. The number of ether oxygens (including phenoxy) is 3. The van der Waals surface area contributed by atoms with Crippen molar-refractivity contribution >= 4 is 17.5 Å². The maximum Gasteiger partial charge on any atom is 0.418 e. The molecule has 0 radical (unpaired) electrons. The van der Waals surface area contributed by atoms with Crippen LogP contribution in [0.25, 0.3) is 0 Å². The van der Waals surface area contributed by atoms with Gasteiger partial charge in [0.25, 0.3) is 0 Å². The number of hydrogen-bond acceptors (Lipinski definition) is 6. The number of rotatable bonds is 6. The smallest absolute Gasteiger partial charge is 0.382 e. The van der Waals surface area contributed by atoms with E-state index in [4.69, 9.17) is 19.5 Å². The fourth-order valence-corrected chi connectivity index (χ4v) is 5.41. The number of carbonyl (C=O) groups excluding carboxylic acids is 2. The lowest BCUT2D eigenvalue weighted by molar-refractivity contribution is -0.138. The van der Waals surface area contributed by atoms with E-state index in [2.05, 4.69) is 0 Å². The van der Waals surface area contributed by atoms with E-state index >= 15 is 0 Å². The van der Waals surface area contributed by atoms with Crippen molar-refractivity contribution < 1.29 is 37.0 Å². The molecule has 0 aliphatic carbocycles. The number of alkyl halides is 3. The molecule has 4 rings (SSSR count). The summed E-state index contributed by atoms with van der Waals surface area (Å²) in [6.07, 6.45) is -3.04. The molecule has 0 spiro atoms. The van der Waals surface area contributed by atoms with E-state index in [-0.39, 0.29) is 17.9 Å². The van der Waals surface area contributed by atoms with Gasteiger partial charge in [0.2, 0.25) is 11.8 Å². The molecule has 3 aliphatic rings. The molecule has 33 heavy (non-hydrogen) atoms. The molecule has 3 heterocycles. The molecule has 2 fully saturated rings. The van der Waals surface area contributed by atoms with Crippen molar-refractivity contribution in [3.05, 3.63) is 40.5 Å². The Bertz CT molecular complexity index is 1110. The lowest BCUT2D eigenvalue weighted by atomic mass is 9.69. The predicted octanol–water partition coefficient (Wildman–Crippen LogP) is 3.14. The molecule has 10 heteroatoms. The number of hydrogen-bond donors (Lipinski definition) is 0. The second-order valence-corrected chi connectivity index (χ2v) is 8.82. The van der Waals surface area contributed by atoms with Gasteiger partial charge >= 0.3 is 6.18 Å². The van der Waals surface area contributed by atoms with Crippen LogP contribution in [-0.2, 0) is 30.0 Å². The van der Waals surface area contributed by atoms with Gasteiger partial charge in [-0.3, -0.25) is 9.59 Å². The van der Waals surface area contributed by atoms with Crippen molar-refractivity contribution in [2.75, 3.05) is 31.8 Å². The first-order valence-electron chi connectivity index (χ1n) is 10.4. The number of benzene rings is 1. The van der Waals surface area contributed by atoms with Gasteiger partial charge in [0, 0.05) is 7.11 Å². The number of nitriles is 1. The minimum atomic E-state index is -4.82. The molecule has 2 amide bonds. The lowest BCUT2D eigenvalue weighted by Gasteiger charge is -2.30. The van der Waals surface area contributed by atoms with Gasteiger partial charge in [-0.25, -0.2) is 4.90 Å². The number of amides is 2. The molecular formula is C23H23F3N2O5. The summed E-state index contributed by atoms with van der Waals surface area (Å²) in [4.78, 5) is 27.7. The Morgan fingerprint density at radius 3 is 2.45 bits per heavy atom. The summed E-state index contributed by atoms with van der Waals surface area (Å²) in [5.41, 5.74) is -3.74. The molecule has 1 aromatic rings. The highest BCUT2D eigenvalue weighted by Crippen LogP contribution is 2.60. The first kappa shape index (κ1) is 23.4. The Morgan fingerprint density at radius 1 is 1.18 bits per heavy atom. The van der Waals surface area contributed by atoms with E-state index in [9.17, 15) is 22.8 Å². The number of imide groups is 1. The van der Waals surface area contributed by atoms with Crippen LogP contribution in [-0.4, -0.2) is 49.9 Å². The molecule has 2 bridgehead atoms. The fraction of sp³-hybridized carbons (Fsp3) is 0.522. The largest absolute Gasteiger partial charge is 0.418 e. The zero-order chi connectivity index (χ0) is 24.3. The van der Waals surface area contributed by atoms with E-state index in [1.165, 1.54) is 12.1 Å². The highest BCUT2D eigenvalue weighted by atomic mass is 19.4. The van der Waals surface area contributed by atoms with Crippen molar-refractivity contribution in [3.8, 4) is 6.07 Å². The average molecular weight is 464 g/mol. The van der Waals surface area contributed by atoms with Gasteiger partial charge in [-0.05, 0) is 50.1 Å². The summed E-state index contributed by atoms with van der Waals surface area (Å²) in [5.74, 6) is -3.01. The third-order valence-electron chi connectivity index (χ3n) is 6.82. The topological polar surface area (TPSA) is 88.9 Å². The van der Waals surface area contributed by atoms with Crippen LogP contribution in [0.3, 0.4) is 0 Å². The van der Waals surface area contributed by atoms with Crippen molar-refractivity contribution in [3.63, 3.8) is 0 Å². The number of methoxy groups -OCH3 is 1. The minimum absolute atomic E-state index is 0.171. The number of carbonyl (C=O) groups is 2. The molecule has 0 N–H and O–H groups in total. The molecule has 3 aliphatic heterocycles. The molecular weight excluding hydrogens is 441 g/mol. The summed E-state index contributed by atoms with van der Waals surface area (Å²) in [7, 11) is 1.54. The van der Waals surface area contributed by atoms with Gasteiger partial charge in [-0.15, -0.1) is 0 Å². The zero-order valence-electron chi connectivity index (χ0n) is 18.6. The maximum absolute atomic E-state index is 13.7. The molecule has 7 nitrogen and oxygen atoms in total. The van der Waals surface area contributed by atoms with Gasteiger partial charge in [-0.2, -0.15) is 18.4 Å². The van der Waals surface area contributed by atoms with Crippen LogP contribution in [0.1, 0.15) is 30.5 Å². The highest BCUT2D eigenvalue weighted by molar-refractivity contribution is 6.24. The summed E-state index contributed by atoms with van der Waals surface area (Å²) < 4.78 is 57.8. The molecule has 0 aromatic heterocycles. The van der Waals surface area contributed by atoms with Crippen molar-refractivity contribution in [1.29, 1.82) is 5.26 Å². The van der Waals surface area contributed by atoms with Crippen LogP contribution < -0.4 is 4.90 Å². The normalized spacial score (nSPS) is 30.6. The average Bonchev–Trinajstić information content (AvgIpc) is 3.25. The molecule has 176 valence electrons. The summed E-state index contributed by atoms with van der Waals surface area (Å²) in [6, 6.07) is 3.74. The first-order valence-corrected chi connectivity index (χ1v) is 10.4. The SMILES string of the molecule is COCCOCC1=C[C@@]2(C)O[C@]1(C)[C@@H]1C(=O)N(c3ccc(C#N)c(C(F)(F)F)c3C)C(=O)[C@@H]12. The molecule has 1 aromatic carbocycles. The van der Waals surface area contributed by atoms with Crippen LogP contribution >= 0.6 is 0 Å². The monoisotopic (exact) mass is 464 g/mol. The third-order valence-corrected chi connectivity index (χ3v) is 6.82. The van der Waals surface area contributed by atoms with Gasteiger partial charge in [0.15, 0.2) is 0 Å². The van der Waals surface area contributed by atoms with Crippen LogP contribution in [0.2, 0.25) is 0 Å². The van der Waals surface area contributed by atoms with Gasteiger partial charge < -0.3 is 14.2 Å². The summed E-state index contributed by atoms with van der Waals surface area (Å²) in [6.45, 7) is 5.45. The quantitative estimate of drug-likeness (QED) is 0.365. The van der Waals surface area contributed by atoms with E-state index in [0.29, 0.717) is 18.8 Å². The number of anilines is 1. The molecule has 2 saturated heterocycles. The van der Waals surface area contributed by atoms with E-state index in [0.717, 1.165) is 17.9 Å². The van der Waals surface area contributed by atoms with Crippen molar-refractivity contribution in [1.82, 2.24) is 0 Å². The van der Waals surface area contributed by atoms with Gasteiger partial charge in [0.05, 0.1) is 60.1 Å². The highest BCUT2D eigenvalue weighted by Gasteiger charge is 2.73. The van der Waals surface area contributed by atoms with Crippen LogP contribution in [0.5, 0.6) is 0 Å². The van der Waals surface area contributed by atoms with Crippen molar-refractivity contribution in [2.45, 2.75) is 38.1 Å². The van der Waals surface area contributed by atoms with Gasteiger partial charge in [0.1, 0.15) is 5.60 Å². The second kappa shape index (κ2) is 7.65. The Kier molecular flexibility index (Phi) is 5.43. The zero-order valence-corrected chi connectivity index (χ0v) is 18.6. The minimum Gasteiger partial charge on any atom is -0.382 e. The third kappa shape index (κ3) is 3.29. The Morgan fingerprint density at radius 2 is 1.85 bits per heavy atom. The summed E-state index contributed by atoms with van der Waals surface area (Å²) in [5, 5.41) is 9.14. The lowest BCUT2D eigenvalue weighted by Crippen LogP contribution is -2.42. The van der Waals surface area contributed by atoms with Crippen LogP contribution in [0.15, 0.2) is 23.8 Å². The number of fused-ring (bicyclic) bond motifs is 5. The Balaban J connectivity index is 1.72. The molecule has 4 atom stereocenters. The number of nitrogens with zero attached hydrogens (tertiary/aromatic N) is 2. The van der Waals surface area contributed by atoms with Crippen LogP contribution in [0.4, 0.5) is 18.9 Å². The summed E-state index contributed by atoms with van der Waals surface area (Å²) >= 11 is 0. The van der Waals surface area contributed by atoms with E-state index in [1.807, 2.05) is 0 Å². The van der Waals surface area contributed by atoms with E-state index < -0.39 is 52.2 Å². The molecule has 0 saturated carbocycles.